The molecule has 1 rings (SSSR count). The molecule has 0 fully saturated rings. The van der Waals surface area contributed by atoms with E-state index in [9.17, 15) is 66.3 Å². The van der Waals surface area contributed by atoms with Crippen molar-refractivity contribution in [2.75, 3.05) is 0 Å². The van der Waals surface area contributed by atoms with Crippen LogP contribution in [0.1, 0.15) is 10.4 Å². The Bertz CT molecular complexity index is 838. The van der Waals surface area contributed by atoms with Crippen LogP contribution in [0, 0.1) is 0 Å². The van der Waals surface area contributed by atoms with Crippen molar-refractivity contribution < 1.29 is 80.5 Å². The summed E-state index contributed by atoms with van der Waals surface area (Å²) in [5.41, 5.74) is -0.360. The van der Waals surface area contributed by atoms with Crippen LogP contribution in [0.4, 0.5) is 61.5 Å². The fraction of sp³-hybridized carbons (Fsp3) is 0.500. The number of halogens is 15. The van der Waals surface area contributed by atoms with Gasteiger partial charge in [-0.15, -0.1) is 0 Å². The molecule has 0 aliphatic heterocycles. The van der Waals surface area contributed by atoms with Gasteiger partial charge in [-0.25, -0.2) is 9.13 Å². The third kappa shape index (κ3) is 6.28. The summed E-state index contributed by atoms with van der Waals surface area (Å²) in [5.74, 6) is -8.68. The largest absolute Gasteiger partial charge is 0.478 e. The number of hydrogen-bond acceptors (Lipinski definition) is 4. The van der Waals surface area contributed by atoms with E-state index < -0.39 is 53.9 Å². The molecule has 19 heteroatoms. The maximum atomic E-state index is 13.7. The molecular weight excluding hydrogens is 534 g/mol. The summed E-state index contributed by atoms with van der Waals surface area (Å²) in [6, 6.07) is -4.76. The molecule has 0 aliphatic rings. The van der Waals surface area contributed by atoms with Gasteiger partial charge in [0, 0.05) is 5.56 Å². The summed E-state index contributed by atoms with van der Waals surface area (Å²) in [6.07, 6.45) is -32.8. The van der Waals surface area contributed by atoms with Crippen LogP contribution in [0.3, 0.4) is 0 Å². The van der Waals surface area contributed by atoms with Gasteiger partial charge in [0.2, 0.25) is 0 Å². The van der Waals surface area contributed by atoms with Crippen molar-refractivity contribution >= 4 is 16.8 Å². The third-order valence-electron chi connectivity index (χ3n) is 3.17. The smallest absolute Gasteiger partial charge is 0.429 e. The van der Waals surface area contributed by atoms with E-state index in [1.165, 1.54) is 0 Å². The SMILES string of the molecule is O=C(Cl)c1ccc(OC(F)(F)C(F)OC(F)(OC(F)(F)C(F)(F)C(F)(F)F)C(F)(F)F)cc1. The Morgan fingerprint density at radius 1 is 0.788 bits per heavy atom. The second-order valence-electron chi connectivity index (χ2n) is 5.62. The van der Waals surface area contributed by atoms with E-state index in [0.29, 0.717) is 24.3 Å². The lowest BCUT2D eigenvalue weighted by atomic mass is 10.2. The molecule has 0 amide bonds. The highest BCUT2D eigenvalue weighted by atomic mass is 35.5. The molecule has 0 saturated carbocycles. The maximum Gasteiger partial charge on any atom is 0.478 e. The molecule has 0 radical (unpaired) electrons. The van der Waals surface area contributed by atoms with Gasteiger partial charge in [-0.05, 0) is 35.9 Å². The fourth-order valence-electron chi connectivity index (χ4n) is 1.60. The molecule has 0 N–H and O–H groups in total. The van der Waals surface area contributed by atoms with Crippen molar-refractivity contribution in [3.05, 3.63) is 29.8 Å². The second-order valence-corrected chi connectivity index (χ2v) is 5.96. The molecule has 1 aromatic rings. The van der Waals surface area contributed by atoms with E-state index in [0.717, 1.165) is 0 Å². The molecule has 0 aromatic heterocycles. The molecule has 33 heavy (non-hydrogen) atoms. The number of benzene rings is 1. The van der Waals surface area contributed by atoms with Crippen LogP contribution in [-0.4, -0.2) is 48.1 Å². The molecule has 0 aliphatic carbocycles. The Morgan fingerprint density at radius 2 is 1.24 bits per heavy atom. The van der Waals surface area contributed by atoms with Crippen molar-refractivity contribution in [3.63, 3.8) is 0 Å². The van der Waals surface area contributed by atoms with Crippen LogP contribution < -0.4 is 4.74 Å². The van der Waals surface area contributed by atoms with E-state index in [1.54, 1.807) is 4.74 Å². The minimum absolute atomic E-state index is 0.360. The quantitative estimate of drug-likeness (QED) is 0.209. The van der Waals surface area contributed by atoms with Gasteiger partial charge in [0.15, 0.2) is 0 Å². The highest BCUT2D eigenvalue weighted by Crippen LogP contribution is 2.52. The van der Waals surface area contributed by atoms with Crippen LogP contribution >= 0.6 is 11.6 Å². The Labute approximate surface area is 176 Å². The topological polar surface area (TPSA) is 44.8 Å². The molecule has 0 spiro atoms. The molecule has 0 bridgehead atoms. The van der Waals surface area contributed by atoms with Gasteiger partial charge >= 0.3 is 42.9 Å². The minimum atomic E-state index is -7.52. The lowest BCUT2D eigenvalue weighted by Gasteiger charge is -2.35. The number of rotatable bonds is 9. The van der Waals surface area contributed by atoms with E-state index in [-0.39, 0.29) is 5.56 Å². The number of hydrogen-bond donors (Lipinski definition) is 0. The van der Waals surface area contributed by atoms with Gasteiger partial charge in [-0.3, -0.25) is 9.53 Å². The molecule has 0 heterocycles. The zero-order chi connectivity index (χ0) is 26.3. The summed E-state index contributed by atoms with van der Waals surface area (Å²) in [5, 5.41) is -1.14. The standard InChI is InChI=1S/C14H5ClF14O4/c15-7(30)5-1-3-6(4-2-5)31-9(17,18)8(16)32-14(29,12(24,25)26)33-13(27,28)10(19,20)11(21,22)23/h1-4,8H. The van der Waals surface area contributed by atoms with E-state index in [4.69, 9.17) is 11.6 Å². The Kier molecular flexibility index (Phi) is 7.84. The first-order chi connectivity index (χ1) is 14.5. The molecule has 190 valence electrons. The summed E-state index contributed by atoms with van der Waals surface area (Å²) in [7, 11) is 0. The summed E-state index contributed by atoms with van der Waals surface area (Å²) in [6.45, 7) is 0. The van der Waals surface area contributed by atoms with Crippen LogP contribution in [0.5, 0.6) is 5.75 Å². The van der Waals surface area contributed by atoms with Gasteiger partial charge < -0.3 is 4.74 Å². The van der Waals surface area contributed by atoms with Crippen LogP contribution in [-0.2, 0) is 9.47 Å². The van der Waals surface area contributed by atoms with Crippen molar-refractivity contribution in [1.82, 2.24) is 0 Å². The lowest BCUT2D eigenvalue weighted by Crippen LogP contribution is -2.61. The fourth-order valence-corrected chi connectivity index (χ4v) is 1.73. The van der Waals surface area contributed by atoms with Crippen molar-refractivity contribution in [1.29, 1.82) is 0 Å². The number of alkyl halides is 14. The van der Waals surface area contributed by atoms with Crippen LogP contribution in [0.2, 0.25) is 0 Å². The zero-order valence-electron chi connectivity index (χ0n) is 14.7. The molecular formula is C14H5ClF14O4. The maximum absolute atomic E-state index is 13.7. The highest BCUT2D eigenvalue weighted by molar-refractivity contribution is 6.67. The second kappa shape index (κ2) is 8.94. The van der Waals surface area contributed by atoms with Gasteiger partial charge in [0.1, 0.15) is 5.75 Å². The zero-order valence-corrected chi connectivity index (χ0v) is 15.4. The van der Waals surface area contributed by atoms with Crippen molar-refractivity contribution in [3.8, 4) is 5.75 Å². The van der Waals surface area contributed by atoms with Crippen molar-refractivity contribution in [2.45, 2.75) is 42.9 Å². The summed E-state index contributed by atoms with van der Waals surface area (Å²) < 4.78 is 187. The Hall–Kier alpha value is -2.08. The summed E-state index contributed by atoms with van der Waals surface area (Å²) >= 11 is 5.01. The van der Waals surface area contributed by atoms with E-state index in [2.05, 4.69) is 9.47 Å². The first kappa shape index (κ1) is 29.0. The van der Waals surface area contributed by atoms with Crippen molar-refractivity contribution in [2.24, 2.45) is 0 Å². The number of ether oxygens (including phenoxy) is 3. The summed E-state index contributed by atoms with van der Waals surface area (Å²) in [4.78, 5) is 10.8. The first-order valence-corrected chi connectivity index (χ1v) is 7.81. The van der Waals surface area contributed by atoms with E-state index in [1.807, 2.05) is 0 Å². The molecule has 4 nitrogen and oxygen atoms in total. The molecule has 1 aromatic carbocycles. The molecule has 2 atom stereocenters. The van der Waals surface area contributed by atoms with Gasteiger partial charge in [0.05, 0.1) is 0 Å². The molecule has 0 saturated heterocycles. The number of carbonyl (C=O) groups excluding carboxylic acids is 1. The monoisotopic (exact) mass is 538 g/mol. The lowest BCUT2D eigenvalue weighted by molar-refractivity contribution is -0.549. The first-order valence-electron chi connectivity index (χ1n) is 7.43. The van der Waals surface area contributed by atoms with Gasteiger partial charge in [-0.2, -0.15) is 57.1 Å². The van der Waals surface area contributed by atoms with Gasteiger partial charge in [-0.1, -0.05) is 0 Å². The van der Waals surface area contributed by atoms with Crippen LogP contribution in [0.25, 0.3) is 0 Å². The average molecular weight is 539 g/mol. The normalized spacial score (nSPS) is 16.8. The third-order valence-corrected chi connectivity index (χ3v) is 3.39. The van der Waals surface area contributed by atoms with Crippen LogP contribution in [0.15, 0.2) is 24.3 Å². The Morgan fingerprint density at radius 3 is 1.61 bits per heavy atom. The highest BCUT2D eigenvalue weighted by Gasteiger charge is 2.79. The number of carbonyl (C=O) groups is 1. The van der Waals surface area contributed by atoms with Gasteiger partial charge in [0.25, 0.3) is 5.24 Å². The predicted molar refractivity (Wildman–Crippen MR) is 75.1 cm³/mol. The minimum Gasteiger partial charge on any atom is -0.429 e. The Balaban J connectivity index is 3.20. The average Bonchev–Trinajstić information content (AvgIpc) is 2.59. The van der Waals surface area contributed by atoms with E-state index >= 15 is 0 Å². The molecule has 2 unspecified atom stereocenters. The predicted octanol–water partition coefficient (Wildman–Crippen LogP) is 6.34.